The summed E-state index contributed by atoms with van der Waals surface area (Å²) in [5.41, 5.74) is 1.31. The van der Waals surface area contributed by atoms with Gasteiger partial charge >= 0.3 is 0 Å². The first-order valence-corrected chi connectivity index (χ1v) is 9.86. The molecule has 0 bridgehead atoms. The van der Waals surface area contributed by atoms with E-state index in [0.717, 1.165) is 0 Å². The normalized spacial score (nSPS) is 17.6. The third-order valence-corrected chi connectivity index (χ3v) is 5.32. The minimum atomic E-state index is -0.622. The van der Waals surface area contributed by atoms with E-state index in [1.54, 1.807) is 36.4 Å². The van der Waals surface area contributed by atoms with Crippen molar-refractivity contribution in [2.24, 2.45) is 0 Å². The maximum atomic E-state index is 13.1. The Bertz CT molecular complexity index is 1030. The molecule has 1 fully saturated rings. The van der Waals surface area contributed by atoms with E-state index in [1.165, 1.54) is 12.0 Å². The van der Waals surface area contributed by atoms with Crippen molar-refractivity contribution < 1.29 is 23.9 Å². The molecule has 2 aliphatic heterocycles. The standard InChI is InChI=1S/C21H20ClN3O5/c1-29-17-6-4-12(22)9-14(17)21(28)25-8-2-3-16(25)20(27)23-13-5-7-18-15(10-13)24-19(26)11-30-18/h4-7,9-10,16H,2-3,8,11H2,1H3,(H,23,27)(H,24,26). The number of carbonyl (C=O) groups excluding carboxylic acids is 3. The number of hydrogen-bond acceptors (Lipinski definition) is 5. The molecule has 3 amide bonds. The average molecular weight is 430 g/mol. The van der Waals surface area contributed by atoms with E-state index in [2.05, 4.69) is 10.6 Å². The lowest BCUT2D eigenvalue weighted by Gasteiger charge is -2.25. The molecule has 0 aliphatic carbocycles. The van der Waals surface area contributed by atoms with Gasteiger partial charge in [0, 0.05) is 17.3 Å². The summed E-state index contributed by atoms with van der Waals surface area (Å²) in [6.07, 6.45) is 1.26. The highest BCUT2D eigenvalue weighted by molar-refractivity contribution is 6.31. The van der Waals surface area contributed by atoms with Crippen molar-refractivity contribution in [1.82, 2.24) is 4.90 Å². The second-order valence-corrected chi connectivity index (χ2v) is 7.47. The number of hydrogen-bond donors (Lipinski definition) is 2. The van der Waals surface area contributed by atoms with Crippen LogP contribution in [0.4, 0.5) is 11.4 Å². The van der Waals surface area contributed by atoms with Gasteiger partial charge < -0.3 is 25.0 Å². The molecule has 0 spiro atoms. The second kappa shape index (κ2) is 8.23. The number of rotatable bonds is 4. The number of anilines is 2. The summed E-state index contributed by atoms with van der Waals surface area (Å²) in [5.74, 6) is 0.0798. The molecular formula is C21H20ClN3O5. The maximum Gasteiger partial charge on any atom is 0.262 e. The number of benzene rings is 2. The van der Waals surface area contributed by atoms with Crippen LogP contribution in [0, 0.1) is 0 Å². The van der Waals surface area contributed by atoms with Crippen LogP contribution in [0.3, 0.4) is 0 Å². The van der Waals surface area contributed by atoms with Crippen LogP contribution in [0.25, 0.3) is 0 Å². The summed E-state index contributed by atoms with van der Waals surface area (Å²) in [6.45, 7) is 0.422. The summed E-state index contributed by atoms with van der Waals surface area (Å²) in [6, 6.07) is 9.19. The molecule has 2 N–H and O–H groups in total. The molecule has 30 heavy (non-hydrogen) atoms. The molecule has 0 radical (unpaired) electrons. The van der Waals surface area contributed by atoms with E-state index in [-0.39, 0.29) is 24.3 Å². The van der Waals surface area contributed by atoms with Gasteiger partial charge in [-0.2, -0.15) is 0 Å². The zero-order valence-corrected chi connectivity index (χ0v) is 17.0. The van der Waals surface area contributed by atoms with Gasteiger partial charge in [-0.25, -0.2) is 0 Å². The molecule has 2 aromatic carbocycles. The van der Waals surface area contributed by atoms with E-state index in [0.29, 0.717) is 52.8 Å². The first-order valence-electron chi connectivity index (χ1n) is 9.48. The number of nitrogens with one attached hydrogen (secondary N) is 2. The van der Waals surface area contributed by atoms with Gasteiger partial charge in [-0.05, 0) is 49.2 Å². The molecular weight excluding hydrogens is 410 g/mol. The van der Waals surface area contributed by atoms with Crippen LogP contribution in [0.2, 0.25) is 5.02 Å². The molecule has 156 valence electrons. The lowest BCUT2D eigenvalue weighted by molar-refractivity contribution is -0.120. The highest BCUT2D eigenvalue weighted by atomic mass is 35.5. The van der Waals surface area contributed by atoms with Crippen LogP contribution < -0.4 is 20.1 Å². The molecule has 1 atom stereocenters. The van der Waals surface area contributed by atoms with E-state index in [4.69, 9.17) is 21.1 Å². The van der Waals surface area contributed by atoms with Gasteiger partial charge in [0.25, 0.3) is 11.8 Å². The number of likely N-dealkylation sites (tertiary alicyclic amines) is 1. The molecule has 0 aromatic heterocycles. The van der Waals surface area contributed by atoms with Crippen molar-refractivity contribution in [3.05, 3.63) is 47.0 Å². The Morgan fingerprint density at radius 2 is 2.10 bits per heavy atom. The average Bonchev–Trinajstić information content (AvgIpc) is 3.23. The summed E-state index contributed by atoms with van der Waals surface area (Å²) < 4.78 is 10.6. The summed E-state index contributed by atoms with van der Waals surface area (Å²) in [7, 11) is 1.48. The van der Waals surface area contributed by atoms with Gasteiger partial charge in [0.2, 0.25) is 5.91 Å². The second-order valence-electron chi connectivity index (χ2n) is 7.04. The fraction of sp³-hybridized carbons (Fsp3) is 0.286. The van der Waals surface area contributed by atoms with Crippen molar-refractivity contribution in [3.63, 3.8) is 0 Å². The molecule has 4 rings (SSSR count). The Kier molecular flexibility index (Phi) is 5.50. The van der Waals surface area contributed by atoms with Crippen LogP contribution in [-0.4, -0.2) is 48.9 Å². The zero-order valence-electron chi connectivity index (χ0n) is 16.2. The third kappa shape index (κ3) is 3.91. The van der Waals surface area contributed by atoms with Crippen LogP contribution >= 0.6 is 11.6 Å². The van der Waals surface area contributed by atoms with Gasteiger partial charge in [0.05, 0.1) is 18.4 Å². The summed E-state index contributed by atoms with van der Waals surface area (Å²) in [5, 5.41) is 5.95. The number of halogens is 1. The smallest absolute Gasteiger partial charge is 0.262 e. The van der Waals surface area contributed by atoms with E-state index in [9.17, 15) is 14.4 Å². The topological polar surface area (TPSA) is 97.0 Å². The van der Waals surface area contributed by atoms with Crippen LogP contribution in [0.5, 0.6) is 11.5 Å². The Morgan fingerprint density at radius 3 is 2.90 bits per heavy atom. The van der Waals surface area contributed by atoms with Crippen molar-refractivity contribution >= 4 is 40.7 Å². The number of amides is 3. The van der Waals surface area contributed by atoms with E-state index in [1.807, 2.05) is 0 Å². The highest BCUT2D eigenvalue weighted by Gasteiger charge is 2.35. The lowest BCUT2D eigenvalue weighted by Crippen LogP contribution is -2.43. The zero-order chi connectivity index (χ0) is 21.3. The van der Waals surface area contributed by atoms with Gasteiger partial charge in [0.1, 0.15) is 17.5 Å². The van der Waals surface area contributed by atoms with E-state index < -0.39 is 6.04 Å². The molecule has 2 aromatic rings. The minimum absolute atomic E-state index is 0.0369. The quantitative estimate of drug-likeness (QED) is 0.778. The number of nitrogens with zero attached hydrogens (tertiary/aromatic N) is 1. The maximum absolute atomic E-state index is 13.1. The summed E-state index contributed by atoms with van der Waals surface area (Å²) >= 11 is 6.05. The number of methoxy groups -OCH3 is 1. The molecule has 2 aliphatic rings. The predicted molar refractivity (Wildman–Crippen MR) is 111 cm³/mol. The Balaban J connectivity index is 1.52. The Labute approximate surface area is 178 Å². The fourth-order valence-electron chi connectivity index (χ4n) is 3.67. The lowest BCUT2D eigenvalue weighted by atomic mass is 10.1. The van der Waals surface area contributed by atoms with Crippen molar-refractivity contribution in [1.29, 1.82) is 0 Å². The number of ether oxygens (including phenoxy) is 2. The van der Waals surface area contributed by atoms with Crippen LogP contribution in [0.1, 0.15) is 23.2 Å². The fourth-order valence-corrected chi connectivity index (χ4v) is 3.84. The largest absolute Gasteiger partial charge is 0.496 e. The summed E-state index contributed by atoms with van der Waals surface area (Å²) in [4.78, 5) is 39.1. The van der Waals surface area contributed by atoms with Gasteiger partial charge in [0.15, 0.2) is 6.61 Å². The molecule has 0 saturated carbocycles. The minimum Gasteiger partial charge on any atom is -0.496 e. The van der Waals surface area contributed by atoms with Crippen LogP contribution in [0.15, 0.2) is 36.4 Å². The molecule has 1 unspecified atom stereocenters. The number of carbonyl (C=O) groups is 3. The molecule has 2 heterocycles. The van der Waals surface area contributed by atoms with Gasteiger partial charge in [-0.3, -0.25) is 14.4 Å². The highest BCUT2D eigenvalue weighted by Crippen LogP contribution is 2.32. The van der Waals surface area contributed by atoms with Gasteiger partial charge in [-0.1, -0.05) is 11.6 Å². The first-order chi connectivity index (χ1) is 14.5. The predicted octanol–water partition coefficient (Wildman–Crippen LogP) is 2.92. The molecule has 9 heteroatoms. The Hall–Kier alpha value is -3.26. The SMILES string of the molecule is COc1ccc(Cl)cc1C(=O)N1CCCC1C(=O)Nc1ccc2c(c1)NC(=O)CO2. The van der Waals surface area contributed by atoms with Crippen molar-refractivity contribution in [2.45, 2.75) is 18.9 Å². The number of fused-ring (bicyclic) bond motifs is 1. The third-order valence-electron chi connectivity index (χ3n) is 5.09. The van der Waals surface area contributed by atoms with Crippen LogP contribution in [-0.2, 0) is 9.59 Å². The Morgan fingerprint density at radius 1 is 1.27 bits per heavy atom. The monoisotopic (exact) mass is 429 g/mol. The first kappa shape index (κ1) is 20.0. The molecule has 1 saturated heterocycles. The van der Waals surface area contributed by atoms with Crippen molar-refractivity contribution in [2.75, 3.05) is 30.9 Å². The molecule has 8 nitrogen and oxygen atoms in total. The van der Waals surface area contributed by atoms with Crippen molar-refractivity contribution in [3.8, 4) is 11.5 Å². The van der Waals surface area contributed by atoms with E-state index >= 15 is 0 Å². The van der Waals surface area contributed by atoms with Gasteiger partial charge in [-0.15, -0.1) is 0 Å².